The first-order valence-electron chi connectivity index (χ1n) is 7.30. The van der Waals surface area contributed by atoms with E-state index in [1.165, 1.54) is 0 Å². The summed E-state index contributed by atoms with van der Waals surface area (Å²) in [5.74, 6) is 1.02. The number of carbonyl (C=O) groups is 1. The van der Waals surface area contributed by atoms with Crippen molar-refractivity contribution in [3.63, 3.8) is 0 Å². The number of hydrogen-bond acceptors (Lipinski definition) is 2. The smallest absolute Gasteiger partial charge is 0.252 e. The molecule has 21 heavy (non-hydrogen) atoms. The Morgan fingerprint density at radius 3 is 2.48 bits per heavy atom. The van der Waals surface area contributed by atoms with Crippen molar-refractivity contribution in [2.24, 2.45) is 0 Å². The Kier molecular flexibility index (Phi) is 5.88. The van der Waals surface area contributed by atoms with Crippen LogP contribution in [0, 0.1) is 0 Å². The molecule has 0 fully saturated rings. The molecule has 1 amide bonds. The molecule has 2 rings (SSSR count). The molecule has 3 heteroatoms. The van der Waals surface area contributed by atoms with Crippen LogP contribution in [0.4, 0.5) is 0 Å². The average Bonchev–Trinajstić information content (AvgIpc) is 2.54. The lowest BCUT2D eigenvalue weighted by Gasteiger charge is -2.16. The van der Waals surface area contributed by atoms with Crippen LogP contribution in [-0.2, 0) is 0 Å². The van der Waals surface area contributed by atoms with Crippen molar-refractivity contribution in [1.82, 2.24) is 5.32 Å². The van der Waals surface area contributed by atoms with Gasteiger partial charge in [-0.05, 0) is 36.8 Å². The van der Waals surface area contributed by atoms with Gasteiger partial charge in [0.05, 0.1) is 11.6 Å². The van der Waals surface area contributed by atoms with Gasteiger partial charge < -0.3 is 5.32 Å². The molecule has 2 aromatic rings. The quantitative estimate of drug-likeness (QED) is 0.785. The summed E-state index contributed by atoms with van der Waals surface area (Å²) in [6, 6.07) is 17.8. The normalized spacial score (nSPS) is 11.9. The highest BCUT2D eigenvalue weighted by Crippen LogP contribution is 2.24. The molecule has 0 aliphatic rings. The summed E-state index contributed by atoms with van der Waals surface area (Å²) >= 11 is 1.74. The number of carbonyl (C=O) groups excluding carboxylic acids is 1. The summed E-state index contributed by atoms with van der Waals surface area (Å²) in [7, 11) is 0. The summed E-state index contributed by atoms with van der Waals surface area (Å²) in [6.45, 7) is 4.15. The zero-order chi connectivity index (χ0) is 15.1. The largest absolute Gasteiger partial charge is 0.345 e. The third kappa shape index (κ3) is 4.36. The second-order valence-electron chi connectivity index (χ2n) is 4.95. The van der Waals surface area contributed by atoms with Crippen molar-refractivity contribution in [3.8, 4) is 0 Å². The molecule has 0 aliphatic carbocycles. The van der Waals surface area contributed by atoms with Gasteiger partial charge in [0.25, 0.3) is 5.91 Å². The van der Waals surface area contributed by atoms with Crippen molar-refractivity contribution < 1.29 is 4.79 Å². The highest BCUT2D eigenvalue weighted by molar-refractivity contribution is 7.99. The molecule has 0 aromatic heterocycles. The number of benzene rings is 2. The molecule has 0 heterocycles. The fourth-order valence-electron chi connectivity index (χ4n) is 2.09. The molecule has 0 saturated heterocycles. The first kappa shape index (κ1) is 15.6. The minimum atomic E-state index is -0.00874. The van der Waals surface area contributed by atoms with Gasteiger partial charge in [-0.3, -0.25) is 4.79 Å². The van der Waals surface area contributed by atoms with Crippen LogP contribution in [0.1, 0.15) is 42.2 Å². The van der Waals surface area contributed by atoms with Crippen molar-refractivity contribution in [2.75, 3.05) is 5.75 Å². The Hall–Kier alpha value is -1.74. The van der Waals surface area contributed by atoms with Crippen LogP contribution in [-0.4, -0.2) is 11.7 Å². The van der Waals surface area contributed by atoms with E-state index < -0.39 is 0 Å². The van der Waals surface area contributed by atoms with Crippen LogP contribution >= 0.6 is 11.8 Å². The molecular weight excluding hydrogens is 278 g/mol. The van der Waals surface area contributed by atoms with E-state index >= 15 is 0 Å². The predicted octanol–water partition coefficient (Wildman–Crippen LogP) is 4.68. The van der Waals surface area contributed by atoms with Crippen LogP contribution in [0.15, 0.2) is 59.5 Å². The molecule has 1 atom stereocenters. The van der Waals surface area contributed by atoms with Crippen LogP contribution in [0.2, 0.25) is 0 Å². The third-order valence-corrected chi connectivity index (χ3v) is 4.52. The molecule has 1 N–H and O–H groups in total. The lowest BCUT2D eigenvalue weighted by Crippen LogP contribution is -2.27. The second kappa shape index (κ2) is 7.89. The zero-order valence-corrected chi connectivity index (χ0v) is 13.3. The van der Waals surface area contributed by atoms with E-state index in [1.54, 1.807) is 11.8 Å². The second-order valence-corrected chi connectivity index (χ2v) is 6.09. The maximum Gasteiger partial charge on any atom is 0.252 e. The van der Waals surface area contributed by atoms with Gasteiger partial charge in [-0.2, -0.15) is 0 Å². The standard InChI is InChI=1S/C18H21NOS/c1-3-13-21-17-12-8-7-11-16(17)18(20)19-14(2)15-9-5-4-6-10-15/h4-12,14H,3,13H2,1-2H3,(H,19,20)/t14-/m1/s1. The van der Waals surface area contributed by atoms with Gasteiger partial charge >= 0.3 is 0 Å². The number of thioether (sulfide) groups is 1. The monoisotopic (exact) mass is 299 g/mol. The third-order valence-electron chi connectivity index (χ3n) is 3.24. The molecule has 0 bridgehead atoms. The molecule has 2 nitrogen and oxygen atoms in total. The summed E-state index contributed by atoms with van der Waals surface area (Å²) in [4.78, 5) is 13.5. The van der Waals surface area contributed by atoms with Gasteiger partial charge in [0.15, 0.2) is 0 Å². The highest BCUT2D eigenvalue weighted by atomic mass is 32.2. The fourth-order valence-corrected chi connectivity index (χ4v) is 3.01. The Labute approximate surface area is 131 Å². The summed E-state index contributed by atoms with van der Waals surface area (Å²) in [5.41, 5.74) is 1.88. The number of hydrogen-bond donors (Lipinski definition) is 1. The Balaban J connectivity index is 2.10. The van der Waals surface area contributed by atoms with Crippen LogP contribution in [0.3, 0.4) is 0 Å². The maximum absolute atomic E-state index is 12.5. The average molecular weight is 299 g/mol. The van der Waals surface area contributed by atoms with E-state index in [9.17, 15) is 4.79 Å². The van der Waals surface area contributed by atoms with Gasteiger partial charge in [-0.1, -0.05) is 49.4 Å². The molecule has 0 spiro atoms. The fraction of sp³-hybridized carbons (Fsp3) is 0.278. The topological polar surface area (TPSA) is 29.1 Å². The van der Waals surface area contributed by atoms with Gasteiger partial charge in [-0.15, -0.1) is 11.8 Å². The van der Waals surface area contributed by atoms with Crippen molar-refractivity contribution in [2.45, 2.75) is 31.2 Å². The summed E-state index contributed by atoms with van der Waals surface area (Å²) in [6.07, 6.45) is 1.10. The minimum absolute atomic E-state index is 0.00271. The number of rotatable bonds is 6. The Bertz CT molecular complexity index is 583. The van der Waals surface area contributed by atoms with E-state index in [0.29, 0.717) is 0 Å². The first-order valence-corrected chi connectivity index (χ1v) is 8.28. The number of nitrogens with one attached hydrogen (secondary N) is 1. The molecule has 0 aliphatic heterocycles. The lowest BCUT2D eigenvalue weighted by atomic mass is 10.1. The lowest BCUT2D eigenvalue weighted by molar-refractivity contribution is 0.0937. The number of amides is 1. The van der Waals surface area contributed by atoms with E-state index in [-0.39, 0.29) is 11.9 Å². The molecular formula is C18H21NOS. The van der Waals surface area contributed by atoms with E-state index in [1.807, 2.05) is 61.5 Å². The summed E-state index contributed by atoms with van der Waals surface area (Å²) < 4.78 is 0. The zero-order valence-electron chi connectivity index (χ0n) is 12.5. The van der Waals surface area contributed by atoms with Crippen molar-refractivity contribution >= 4 is 17.7 Å². The van der Waals surface area contributed by atoms with Gasteiger partial charge in [0, 0.05) is 4.90 Å². The SMILES string of the molecule is CCCSc1ccccc1C(=O)N[C@H](C)c1ccccc1. The first-order chi connectivity index (χ1) is 10.2. The van der Waals surface area contributed by atoms with Crippen molar-refractivity contribution in [3.05, 3.63) is 65.7 Å². The Morgan fingerprint density at radius 1 is 1.10 bits per heavy atom. The minimum Gasteiger partial charge on any atom is -0.345 e. The Morgan fingerprint density at radius 2 is 1.76 bits per heavy atom. The van der Waals surface area contributed by atoms with Gasteiger partial charge in [0.2, 0.25) is 0 Å². The molecule has 0 saturated carbocycles. The van der Waals surface area contributed by atoms with Crippen molar-refractivity contribution in [1.29, 1.82) is 0 Å². The molecule has 0 unspecified atom stereocenters. The van der Waals surface area contributed by atoms with Gasteiger partial charge in [-0.25, -0.2) is 0 Å². The van der Waals surface area contributed by atoms with E-state index in [4.69, 9.17) is 0 Å². The van der Waals surface area contributed by atoms with Crippen LogP contribution in [0.5, 0.6) is 0 Å². The highest BCUT2D eigenvalue weighted by Gasteiger charge is 2.14. The van der Waals surface area contributed by atoms with Crippen LogP contribution in [0.25, 0.3) is 0 Å². The van der Waals surface area contributed by atoms with E-state index in [0.717, 1.165) is 28.2 Å². The predicted molar refractivity (Wildman–Crippen MR) is 89.8 cm³/mol. The summed E-state index contributed by atoms with van der Waals surface area (Å²) in [5, 5.41) is 3.08. The van der Waals surface area contributed by atoms with Crippen LogP contribution < -0.4 is 5.32 Å². The molecule has 2 aromatic carbocycles. The molecule has 110 valence electrons. The van der Waals surface area contributed by atoms with Gasteiger partial charge in [0.1, 0.15) is 0 Å². The molecule has 0 radical (unpaired) electrons. The maximum atomic E-state index is 12.5. The van der Waals surface area contributed by atoms with E-state index in [2.05, 4.69) is 12.2 Å².